The molecule has 164 valence electrons. The Kier molecular flexibility index (Phi) is 6.33. The van der Waals surface area contributed by atoms with Crippen LogP contribution in [-0.4, -0.2) is 82.2 Å². The van der Waals surface area contributed by atoms with E-state index in [1.807, 2.05) is 31.7 Å². The minimum absolute atomic E-state index is 0.0000146. The van der Waals surface area contributed by atoms with Crippen LogP contribution in [0.4, 0.5) is 11.8 Å². The lowest BCUT2D eigenvalue weighted by Gasteiger charge is -2.27. The first-order chi connectivity index (χ1) is 14.5. The molecule has 1 fully saturated rings. The lowest BCUT2D eigenvalue weighted by atomic mass is 10.1. The summed E-state index contributed by atoms with van der Waals surface area (Å²) in [6, 6.07) is 2.23. The number of hydrogen-bond acceptors (Lipinski definition) is 8. The quantitative estimate of drug-likeness (QED) is 0.722. The van der Waals surface area contributed by atoms with Crippen LogP contribution in [0.3, 0.4) is 0 Å². The number of ether oxygens (including phenoxy) is 1. The Morgan fingerprint density at radius 3 is 2.77 bits per heavy atom. The molecule has 0 bridgehead atoms. The predicted octanol–water partition coefficient (Wildman–Crippen LogP) is 0.358. The smallest absolute Gasteiger partial charge is 0.345 e. The molecule has 0 saturated carbocycles. The number of nitrogens with one attached hydrogen (secondary N) is 1. The summed E-state index contributed by atoms with van der Waals surface area (Å²) in [6.07, 6.45) is 2.56. The van der Waals surface area contributed by atoms with Crippen molar-refractivity contribution in [3.05, 3.63) is 28.1 Å². The molecule has 0 radical (unpaired) electrons. The molecule has 0 amide bonds. The minimum atomic E-state index is -0.0000146. The molecule has 0 spiro atoms. The van der Waals surface area contributed by atoms with Gasteiger partial charge >= 0.3 is 5.69 Å². The fourth-order valence-corrected chi connectivity index (χ4v) is 3.95. The van der Waals surface area contributed by atoms with E-state index in [2.05, 4.69) is 25.2 Å². The first-order valence-corrected chi connectivity index (χ1v) is 10.8. The fraction of sp³-hybridized carbons (Fsp3) is 0.700. The number of aromatic nitrogens is 5. The monoisotopic (exact) mass is 416 g/mol. The van der Waals surface area contributed by atoms with Gasteiger partial charge in [0.2, 0.25) is 5.95 Å². The third-order valence-electron chi connectivity index (χ3n) is 5.66. The molecule has 4 heterocycles. The molecule has 1 atom stereocenters. The average Bonchev–Trinajstić information content (AvgIpc) is 2.89. The number of fused-ring (bicyclic) bond motifs is 1. The first kappa shape index (κ1) is 20.8. The summed E-state index contributed by atoms with van der Waals surface area (Å²) in [7, 11) is 4.00. The molecule has 2 aliphatic rings. The third-order valence-corrected chi connectivity index (χ3v) is 5.66. The molecule has 2 aromatic heterocycles. The lowest BCUT2D eigenvalue weighted by molar-refractivity contribution is 0.122. The molecule has 1 unspecified atom stereocenters. The zero-order valence-electron chi connectivity index (χ0n) is 18.2. The molecule has 4 rings (SSSR count). The largest absolute Gasteiger partial charge is 0.378 e. The van der Waals surface area contributed by atoms with Gasteiger partial charge in [-0.1, -0.05) is 0 Å². The predicted molar refractivity (Wildman–Crippen MR) is 115 cm³/mol. The topological polar surface area (TPSA) is 93.3 Å². The molecule has 1 saturated heterocycles. The van der Waals surface area contributed by atoms with Crippen LogP contribution in [0.2, 0.25) is 0 Å². The Balaban J connectivity index is 1.42. The molecular weight excluding hydrogens is 384 g/mol. The van der Waals surface area contributed by atoms with Crippen molar-refractivity contribution >= 4 is 11.8 Å². The Hall–Kier alpha value is -2.46. The number of hydrogen-bond donors (Lipinski definition) is 1. The van der Waals surface area contributed by atoms with Crippen LogP contribution in [0.1, 0.15) is 24.4 Å². The Morgan fingerprint density at radius 2 is 2.00 bits per heavy atom. The van der Waals surface area contributed by atoms with Crippen LogP contribution in [0.15, 0.2) is 10.9 Å². The van der Waals surface area contributed by atoms with Gasteiger partial charge in [0, 0.05) is 50.4 Å². The van der Waals surface area contributed by atoms with Gasteiger partial charge in [0.1, 0.15) is 11.6 Å². The Labute approximate surface area is 176 Å². The summed E-state index contributed by atoms with van der Waals surface area (Å²) in [5.41, 5.74) is 0.944. The van der Waals surface area contributed by atoms with Gasteiger partial charge in [-0.3, -0.25) is 4.57 Å². The fourth-order valence-electron chi connectivity index (χ4n) is 3.95. The molecule has 2 aromatic rings. The van der Waals surface area contributed by atoms with Gasteiger partial charge in [0.25, 0.3) is 0 Å². The van der Waals surface area contributed by atoms with Crippen LogP contribution in [0.25, 0.3) is 0 Å². The van der Waals surface area contributed by atoms with E-state index in [-0.39, 0.29) is 11.7 Å². The van der Waals surface area contributed by atoms with E-state index < -0.39 is 0 Å². The second-order valence-electron chi connectivity index (χ2n) is 8.34. The van der Waals surface area contributed by atoms with E-state index in [9.17, 15) is 4.79 Å². The zero-order valence-corrected chi connectivity index (χ0v) is 18.2. The van der Waals surface area contributed by atoms with Crippen LogP contribution in [0.5, 0.6) is 0 Å². The highest BCUT2D eigenvalue weighted by Crippen LogP contribution is 2.19. The highest BCUT2D eigenvalue weighted by Gasteiger charge is 2.22. The molecule has 0 aliphatic carbocycles. The lowest BCUT2D eigenvalue weighted by Crippen LogP contribution is -2.37. The number of aryl methyl sites for hydroxylation is 2. The van der Waals surface area contributed by atoms with Crippen molar-refractivity contribution in [2.45, 2.75) is 45.3 Å². The zero-order chi connectivity index (χ0) is 21.1. The van der Waals surface area contributed by atoms with Gasteiger partial charge in [-0.05, 0) is 33.9 Å². The number of anilines is 2. The van der Waals surface area contributed by atoms with E-state index in [1.165, 1.54) is 0 Å². The standard InChI is InChI=1S/C20H32N8O2/c1-15-14-17(23-19(21-15)26-10-12-30-13-11-26)22-16-4-5-18-24-28(9-8-25(2)3)20(29)27(18)7-6-16/h14,16H,4-13H2,1-3H3,(H,21,22,23). The molecule has 10 nitrogen and oxygen atoms in total. The molecule has 30 heavy (non-hydrogen) atoms. The second-order valence-corrected chi connectivity index (χ2v) is 8.34. The summed E-state index contributed by atoms with van der Waals surface area (Å²) < 4.78 is 8.87. The molecule has 1 N–H and O–H groups in total. The van der Waals surface area contributed by atoms with E-state index in [4.69, 9.17) is 9.72 Å². The molecule has 2 aliphatic heterocycles. The summed E-state index contributed by atoms with van der Waals surface area (Å²) in [5.74, 6) is 2.49. The number of nitrogens with zero attached hydrogens (tertiary/aromatic N) is 7. The van der Waals surface area contributed by atoms with Gasteiger partial charge < -0.3 is 19.9 Å². The van der Waals surface area contributed by atoms with Crippen molar-refractivity contribution in [1.29, 1.82) is 0 Å². The van der Waals surface area contributed by atoms with Crippen LogP contribution in [-0.2, 0) is 24.2 Å². The summed E-state index contributed by atoms with van der Waals surface area (Å²) in [4.78, 5) is 26.3. The maximum Gasteiger partial charge on any atom is 0.345 e. The maximum atomic E-state index is 12.7. The summed E-state index contributed by atoms with van der Waals surface area (Å²) in [5, 5.41) is 8.16. The average molecular weight is 417 g/mol. The van der Waals surface area contributed by atoms with Crippen molar-refractivity contribution in [1.82, 2.24) is 29.2 Å². The number of rotatable bonds is 6. The molecule has 0 aromatic carbocycles. The van der Waals surface area contributed by atoms with Crippen molar-refractivity contribution in [3.63, 3.8) is 0 Å². The number of likely N-dealkylation sites (N-methyl/N-ethyl adjacent to an activating group) is 1. The Bertz CT molecular complexity index is 916. The summed E-state index contributed by atoms with van der Waals surface area (Å²) in [6.45, 7) is 7.14. The normalized spacial score (nSPS) is 19.6. The van der Waals surface area contributed by atoms with Crippen LogP contribution in [0, 0.1) is 6.92 Å². The highest BCUT2D eigenvalue weighted by molar-refractivity contribution is 5.44. The van der Waals surface area contributed by atoms with Gasteiger partial charge in [-0.25, -0.2) is 14.5 Å². The van der Waals surface area contributed by atoms with E-state index in [1.54, 1.807) is 4.68 Å². The molecule has 10 heteroatoms. The van der Waals surface area contributed by atoms with Crippen molar-refractivity contribution in [3.8, 4) is 0 Å². The number of morpholine rings is 1. The van der Waals surface area contributed by atoms with Gasteiger partial charge in [0.05, 0.1) is 19.8 Å². The first-order valence-electron chi connectivity index (χ1n) is 10.8. The SMILES string of the molecule is Cc1cc(NC2CCc3nn(CCN(C)C)c(=O)n3CC2)nc(N2CCOCC2)n1. The van der Waals surface area contributed by atoms with Crippen LogP contribution < -0.4 is 15.9 Å². The highest BCUT2D eigenvalue weighted by atomic mass is 16.5. The Morgan fingerprint density at radius 1 is 1.20 bits per heavy atom. The van der Waals surface area contributed by atoms with Gasteiger partial charge in [0.15, 0.2) is 0 Å². The second kappa shape index (κ2) is 9.13. The summed E-state index contributed by atoms with van der Waals surface area (Å²) >= 11 is 0. The molecular formula is C20H32N8O2. The maximum absolute atomic E-state index is 12.7. The van der Waals surface area contributed by atoms with Crippen LogP contribution >= 0.6 is 0 Å². The van der Waals surface area contributed by atoms with E-state index in [0.717, 1.165) is 62.2 Å². The van der Waals surface area contributed by atoms with Crippen molar-refractivity contribution in [2.75, 3.05) is 57.2 Å². The van der Waals surface area contributed by atoms with Crippen molar-refractivity contribution < 1.29 is 4.74 Å². The van der Waals surface area contributed by atoms with Gasteiger partial charge in [-0.15, -0.1) is 0 Å². The minimum Gasteiger partial charge on any atom is -0.378 e. The van der Waals surface area contributed by atoms with E-state index >= 15 is 0 Å². The van der Waals surface area contributed by atoms with E-state index in [0.29, 0.717) is 26.3 Å². The van der Waals surface area contributed by atoms with Gasteiger partial charge in [-0.2, -0.15) is 10.1 Å². The third kappa shape index (κ3) is 4.81. The van der Waals surface area contributed by atoms with Crippen molar-refractivity contribution in [2.24, 2.45) is 0 Å².